The zero-order chi connectivity index (χ0) is 51.8. The molecule has 0 fully saturated rings. The third-order valence-electron chi connectivity index (χ3n) is 11.4. The van der Waals surface area contributed by atoms with Crippen LogP contribution in [0.3, 0.4) is 0 Å². The highest BCUT2D eigenvalue weighted by Crippen LogP contribution is 2.72. The molecule has 0 aliphatic carbocycles. The van der Waals surface area contributed by atoms with Crippen LogP contribution in [0.2, 0.25) is 0 Å². The molecule has 0 spiro atoms. The van der Waals surface area contributed by atoms with Crippen molar-refractivity contribution in [1.29, 1.82) is 0 Å². The van der Waals surface area contributed by atoms with E-state index in [0.29, 0.717) is 31.4 Å². The molecule has 6 heterocycles. The summed E-state index contributed by atoms with van der Waals surface area (Å²) in [4.78, 5) is 43.4. The van der Waals surface area contributed by atoms with Crippen LogP contribution < -0.4 is 56.8 Å². The molecular formula is C52H64O15S3. The van der Waals surface area contributed by atoms with Crippen LogP contribution in [0.15, 0.2) is 14.7 Å². The molecule has 0 amide bonds. The van der Waals surface area contributed by atoms with Gasteiger partial charge in [0.1, 0.15) is 14.7 Å². The van der Waals surface area contributed by atoms with E-state index in [4.69, 9.17) is 56.8 Å². The van der Waals surface area contributed by atoms with E-state index in [1.165, 1.54) is 0 Å². The molecule has 18 heteroatoms. The van der Waals surface area contributed by atoms with Crippen molar-refractivity contribution in [3.63, 3.8) is 0 Å². The van der Waals surface area contributed by atoms with E-state index in [1.807, 2.05) is 62.3 Å². The van der Waals surface area contributed by atoms with Crippen LogP contribution in [0.5, 0.6) is 69.0 Å². The molecule has 6 aliphatic rings. The number of hydrogen-bond donors (Lipinski definition) is 0. The van der Waals surface area contributed by atoms with Crippen molar-refractivity contribution < 1.29 is 71.2 Å². The van der Waals surface area contributed by atoms with Crippen molar-refractivity contribution in [1.82, 2.24) is 0 Å². The minimum absolute atomic E-state index is 0.161. The fourth-order valence-electron chi connectivity index (χ4n) is 8.44. The lowest BCUT2D eigenvalue weighted by Crippen LogP contribution is -2.32. The molecule has 0 bridgehead atoms. The van der Waals surface area contributed by atoms with Crippen molar-refractivity contribution in [2.45, 2.75) is 201 Å². The van der Waals surface area contributed by atoms with Crippen molar-refractivity contribution in [3.05, 3.63) is 16.7 Å². The lowest BCUT2D eigenvalue weighted by Gasteiger charge is -2.28. The second-order valence-corrected chi connectivity index (χ2v) is 27.1. The topological polar surface area (TPSA) is 162 Å². The zero-order valence-electron chi connectivity index (χ0n) is 43.9. The number of benzene rings is 3. The predicted octanol–water partition coefficient (Wildman–Crippen LogP) is 12.9. The quantitative estimate of drug-likeness (QED) is 0.169. The summed E-state index contributed by atoms with van der Waals surface area (Å²) in [6, 6.07) is 0. The number of ether oxygens (including phenoxy) is 12. The molecule has 380 valence electrons. The third-order valence-corrected chi connectivity index (χ3v) is 15.5. The van der Waals surface area contributed by atoms with Crippen LogP contribution in [0.1, 0.15) is 168 Å². The Morgan fingerprint density at radius 1 is 0.300 bits per heavy atom. The normalized spacial score (nSPS) is 20.3. The highest BCUT2D eigenvalue weighted by molar-refractivity contribution is 8.14. The first-order valence-electron chi connectivity index (χ1n) is 23.4. The number of fused-ring (bicyclic) bond motifs is 6. The number of rotatable bonds is 6. The molecule has 9 rings (SSSR count). The predicted molar refractivity (Wildman–Crippen MR) is 263 cm³/mol. The standard InChI is InChI=1S/C52H64O15S3/c1-44(2,3)41(53)68-38-32-26(56-47(10,11)62-32)23(27-33(38)63-48(12,13)57-27)22(24-28-34(64-49(14,15)58-28)39(69-42(54)45(4,5)6)35-29(24)59-50(16,17)65-35)25-30-36(66-51(18,19)60-30)40(70-43(55)46(7,8)9)37-31(25)61-52(20,21)67-37/h22H,1-21H3. The molecule has 0 radical (unpaired) electrons. The molecule has 0 N–H and O–H groups in total. The van der Waals surface area contributed by atoms with Gasteiger partial charge in [0.05, 0.1) is 22.6 Å². The van der Waals surface area contributed by atoms with Gasteiger partial charge >= 0.3 is 0 Å². The van der Waals surface area contributed by atoms with Crippen LogP contribution >= 0.6 is 35.3 Å². The van der Waals surface area contributed by atoms with Crippen LogP contribution in [0, 0.1) is 16.2 Å². The van der Waals surface area contributed by atoms with Gasteiger partial charge in [-0.15, -0.1) is 0 Å². The first-order valence-corrected chi connectivity index (χ1v) is 25.8. The smallest absolute Gasteiger partial charge is 0.246 e. The van der Waals surface area contributed by atoms with Gasteiger partial charge in [0.2, 0.25) is 34.7 Å². The summed E-state index contributed by atoms with van der Waals surface area (Å²) < 4.78 is 82.2. The largest absolute Gasteiger partial charge is 0.449 e. The summed E-state index contributed by atoms with van der Waals surface area (Å²) in [7, 11) is 0. The van der Waals surface area contributed by atoms with E-state index in [0.717, 1.165) is 35.3 Å². The fourth-order valence-corrected chi connectivity index (χ4v) is 11.3. The number of thioether (sulfide) groups is 3. The SMILES string of the molecule is CC1(C)Oc2c(c(C(c3c4c(c(SC(=O)C(C)(C)C)c5c3OC(C)(C)O5)OC(C)(C)O4)c3c4c(c(SC(=O)C(C)(C)C)c5c3OC(C)(C)O5)OC(C)(C)O4)c3c(c2SC(=O)C(C)(C)C)OC(C)(C)O3)O1. The van der Waals surface area contributed by atoms with Gasteiger partial charge in [-0.2, -0.15) is 0 Å². The minimum Gasteiger partial charge on any atom is -0.449 e. The molecule has 0 aromatic heterocycles. The van der Waals surface area contributed by atoms with Gasteiger partial charge in [0, 0.05) is 99.3 Å². The van der Waals surface area contributed by atoms with Crippen molar-refractivity contribution in [3.8, 4) is 69.0 Å². The fraction of sp³-hybridized carbons (Fsp3) is 0.596. The summed E-state index contributed by atoms with van der Waals surface area (Å²) in [5, 5.41) is -0.483. The van der Waals surface area contributed by atoms with Gasteiger partial charge in [-0.3, -0.25) is 14.4 Å². The first-order chi connectivity index (χ1) is 31.7. The Labute approximate surface area is 422 Å². The maximum absolute atomic E-state index is 14.1. The monoisotopic (exact) mass is 1020 g/mol. The first kappa shape index (κ1) is 50.3. The van der Waals surface area contributed by atoms with Gasteiger partial charge < -0.3 is 56.8 Å². The summed E-state index contributed by atoms with van der Waals surface area (Å²) in [6.07, 6.45) is 0. The summed E-state index contributed by atoms with van der Waals surface area (Å²) >= 11 is 2.93. The molecule has 0 saturated carbocycles. The third kappa shape index (κ3) is 8.58. The van der Waals surface area contributed by atoms with Gasteiger partial charge in [-0.05, 0) is 35.3 Å². The second-order valence-electron chi connectivity index (χ2n) is 24.2. The Morgan fingerprint density at radius 3 is 0.586 bits per heavy atom. The van der Waals surface area contributed by atoms with Crippen LogP contribution in [-0.2, 0) is 14.4 Å². The van der Waals surface area contributed by atoms with Crippen molar-refractivity contribution in [2.24, 2.45) is 16.2 Å². The van der Waals surface area contributed by atoms with Crippen LogP contribution in [-0.4, -0.2) is 50.1 Å². The van der Waals surface area contributed by atoms with Crippen molar-refractivity contribution >= 4 is 50.6 Å². The lowest BCUT2D eigenvalue weighted by atomic mass is 9.81. The Kier molecular flexibility index (Phi) is 10.9. The van der Waals surface area contributed by atoms with Gasteiger partial charge in [-0.25, -0.2) is 0 Å². The van der Waals surface area contributed by atoms with Crippen molar-refractivity contribution in [2.75, 3.05) is 0 Å². The molecule has 15 nitrogen and oxygen atoms in total. The second kappa shape index (κ2) is 15.2. The average Bonchev–Trinajstić information content (AvgIpc) is 3.99. The molecule has 0 unspecified atom stereocenters. The molecule has 0 atom stereocenters. The molecule has 3 aromatic carbocycles. The van der Waals surface area contributed by atoms with Gasteiger partial charge in [-0.1, -0.05) is 62.3 Å². The summed E-state index contributed by atoms with van der Waals surface area (Å²) in [5.41, 5.74) is -1.32. The zero-order valence-corrected chi connectivity index (χ0v) is 46.4. The van der Waals surface area contributed by atoms with Crippen LogP contribution in [0.4, 0.5) is 0 Å². The van der Waals surface area contributed by atoms with Crippen LogP contribution in [0.25, 0.3) is 0 Å². The minimum atomic E-state index is -1.30. The van der Waals surface area contributed by atoms with E-state index in [2.05, 4.69) is 0 Å². The highest BCUT2D eigenvalue weighted by Gasteiger charge is 2.57. The molecule has 0 saturated heterocycles. The average molecular weight is 1030 g/mol. The maximum Gasteiger partial charge on any atom is 0.246 e. The molecule has 3 aromatic rings. The Morgan fingerprint density at radius 2 is 0.443 bits per heavy atom. The van der Waals surface area contributed by atoms with E-state index in [1.54, 1.807) is 83.1 Å². The van der Waals surface area contributed by atoms with Gasteiger partial charge in [0.15, 0.2) is 84.3 Å². The Balaban J connectivity index is 1.49. The number of carbonyl (C=O) groups is 3. The van der Waals surface area contributed by atoms with E-state index >= 15 is 0 Å². The highest BCUT2D eigenvalue weighted by atomic mass is 32.2. The number of carbonyl (C=O) groups excluding carboxylic acids is 3. The Hall–Kier alpha value is -4.68. The number of hydrogen-bond acceptors (Lipinski definition) is 18. The summed E-state index contributed by atoms with van der Waals surface area (Å²) in [5.74, 6) is -6.41. The van der Waals surface area contributed by atoms with E-state index < -0.39 is 56.9 Å². The molecule has 6 aliphatic heterocycles. The Bertz CT molecular complexity index is 2400. The molecule has 70 heavy (non-hydrogen) atoms. The lowest BCUT2D eigenvalue weighted by molar-refractivity contribution is -0.118. The molecular weight excluding hydrogens is 961 g/mol. The van der Waals surface area contributed by atoms with Gasteiger partial charge in [0.25, 0.3) is 0 Å². The van der Waals surface area contributed by atoms with E-state index in [-0.39, 0.29) is 84.3 Å². The van der Waals surface area contributed by atoms with E-state index in [9.17, 15) is 14.4 Å². The maximum atomic E-state index is 14.1. The summed E-state index contributed by atoms with van der Waals surface area (Å²) in [6.45, 7) is 37.7.